The average molecular weight is 185 g/mol. The van der Waals surface area contributed by atoms with Crippen molar-refractivity contribution in [1.82, 2.24) is 0 Å². The number of benzene rings is 1. The fourth-order valence-corrected chi connectivity index (χ4v) is 0.954. The molecule has 0 amide bonds. The second-order valence-electron chi connectivity index (χ2n) is 2.36. The first-order valence-electron chi connectivity index (χ1n) is 3.65. The van der Waals surface area contributed by atoms with Gasteiger partial charge in [-0.3, -0.25) is 4.99 Å². The quantitative estimate of drug-likeness (QED) is 0.646. The molecule has 0 aliphatic rings. The first kappa shape index (κ1) is 9.64. The third kappa shape index (κ3) is 1.83. The highest BCUT2D eigenvalue weighted by molar-refractivity contribution is 5.81. The number of ether oxygens (including phenoxy) is 1. The minimum Gasteiger partial charge on any atom is -0.494 e. The number of aliphatic imine (C=N–C) groups is 1. The van der Waals surface area contributed by atoms with E-state index in [4.69, 9.17) is 0 Å². The van der Waals surface area contributed by atoms with Gasteiger partial charge in [0, 0.05) is 13.3 Å². The topological polar surface area (TPSA) is 21.6 Å². The number of nitrogens with zero attached hydrogens (tertiary/aromatic N) is 1. The van der Waals surface area contributed by atoms with Crippen LogP contribution in [0.4, 0.5) is 8.78 Å². The highest BCUT2D eigenvalue weighted by Crippen LogP contribution is 2.21. The van der Waals surface area contributed by atoms with Gasteiger partial charge in [0.15, 0.2) is 11.6 Å². The molecule has 70 valence electrons. The van der Waals surface area contributed by atoms with E-state index in [2.05, 4.69) is 9.73 Å². The van der Waals surface area contributed by atoms with Crippen molar-refractivity contribution in [3.05, 3.63) is 29.3 Å². The molecule has 0 saturated carbocycles. The lowest BCUT2D eigenvalue weighted by Gasteiger charge is -2.04. The Labute approximate surface area is 74.9 Å². The second kappa shape index (κ2) is 3.98. The Morgan fingerprint density at radius 1 is 1.38 bits per heavy atom. The highest BCUT2D eigenvalue weighted by atomic mass is 19.1. The van der Waals surface area contributed by atoms with E-state index in [0.717, 1.165) is 12.3 Å². The van der Waals surface area contributed by atoms with Crippen LogP contribution in [0.2, 0.25) is 0 Å². The van der Waals surface area contributed by atoms with Crippen molar-refractivity contribution in [1.29, 1.82) is 0 Å². The summed E-state index contributed by atoms with van der Waals surface area (Å²) in [6.07, 6.45) is 1.12. The minimum atomic E-state index is -0.729. The normalized spacial score (nSPS) is 10.8. The molecule has 4 heteroatoms. The van der Waals surface area contributed by atoms with Crippen LogP contribution in [-0.2, 0) is 0 Å². The molecule has 0 fully saturated rings. The van der Waals surface area contributed by atoms with E-state index >= 15 is 0 Å². The molecule has 0 atom stereocenters. The van der Waals surface area contributed by atoms with Crippen LogP contribution < -0.4 is 4.74 Å². The molecule has 2 nitrogen and oxygen atoms in total. The maximum Gasteiger partial charge on any atom is 0.176 e. The summed E-state index contributed by atoms with van der Waals surface area (Å²) in [6.45, 7) is 0. The number of methoxy groups -OCH3 is 1. The molecular weight excluding hydrogens is 176 g/mol. The van der Waals surface area contributed by atoms with E-state index in [1.54, 1.807) is 0 Å². The lowest BCUT2D eigenvalue weighted by Crippen LogP contribution is -1.97. The molecule has 0 spiro atoms. The fraction of sp³-hybridized carbons (Fsp3) is 0.222. The molecule has 1 rings (SSSR count). The first-order chi connectivity index (χ1) is 6.20. The first-order valence-corrected chi connectivity index (χ1v) is 3.65. The second-order valence-corrected chi connectivity index (χ2v) is 2.36. The monoisotopic (exact) mass is 185 g/mol. The molecule has 0 unspecified atom stereocenters. The van der Waals surface area contributed by atoms with Crippen molar-refractivity contribution in [2.45, 2.75) is 0 Å². The van der Waals surface area contributed by atoms with E-state index in [-0.39, 0.29) is 11.3 Å². The van der Waals surface area contributed by atoms with Crippen molar-refractivity contribution in [2.75, 3.05) is 14.2 Å². The van der Waals surface area contributed by atoms with E-state index in [1.165, 1.54) is 20.2 Å². The van der Waals surface area contributed by atoms with Gasteiger partial charge in [0.1, 0.15) is 5.82 Å². The van der Waals surface area contributed by atoms with Gasteiger partial charge in [-0.05, 0) is 12.1 Å². The third-order valence-electron chi connectivity index (χ3n) is 1.57. The molecular formula is C9H9F2NO. The van der Waals surface area contributed by atoms with Crippen molar-refractivity contribution in [3.63, 3.8) is 0 Å². The smallest absolute Gasteiger partial charge is 0.176 e. The van der Waals surface area contributed by atoms with Gasteiger partial charge in [0.05, 0.1) is 12.7 Å². The SMILES string of the molecule is CN=Cc1c(F)ccc(OC)c1F. The molecule has 0 bridgehead atoms. The van der Waals surface area contributed by atoms with Crippen molar-refractivity contribution in [3.8, 4) is 5.75 Å². The summed E-state index contributed by atoms with van der Waals surface area (Å²) in [5.41, 5.74) is -0.179. The summed E-state index contributed by atoms with van der Waals surface area (Å²) in [6, 6.07) is 2.37. The van der Waals surface area contributed by atoms with Crippen LogP contribution in [0.25, 0.3) is 0 Å². The number of hydrogen-bond acceptors (Lipinski definition) is 2. The van der Waals surface area contributed by atoms with Crippen molar-refractivity contribution < 1.29 is 13.5 Å². The molecule has 0 aliphatic carbocycles. The number of rotatable bonds is 2. The summed E-state index contributed by atoms with van der Waals surface area (Å²) >= 11 is 0. The van der Waals surface area contributed by atoms with E-state index in [0.29, 0.717) is 0 Å². The van der Waals surface area contributed by atoms with Crippen molar-refractivity contribution in [2.24, 2.45) is 4.99 Å². The summed E-state index contributed by atoms with van der Waals surface area (Å²) in [4.78, 5) is 3.54. The Morgan fingerprint density at radius 2 is 2.08 bits per heavy atom. The predicted molar refractivity (Wildman–Crippen MR) is 46.4 cm³/mol. The lowest BCUT2D eigenvalue weighted by molar-refractivity contribution is 0.383. The molecule has 0 saturated heterocycles. The molecule has 0 radical (unpaired) electrons. The molecule has 0 heterocycles. The van der Waals surface area contributed by atoms with Gasteiger partial charge in [-0.1, -0.05) is 0 Å². The number of hydrogen-bond donors (Lipinski definition) is 0. The maximum absolute atomic E-state index is 13.3. The van der Waals surface area contributed by atoms with Gasteiger partial charge in [-0.2, -0.15) is 0 Å². The van der Waals surface area contributed by atoms with E-state index in [1.807, 2.05) is 0 Å². The van der Waals surface area contributed by atoms with Crippen LogP contribution in [0, 0.1) is 11.6 Å². The summed E-state index contributed by atoms with van der Waals surface area (Å²) < 4.78 is 30.9. The van der Waals surface area contributed by atoms with Crippen LogP contribution >= 0.6 is 0 Å². The summed E-state index contributed by atoms with van der Waals surface area (Å²) in [5, 5.41) is 0. The Morgan fingerprint density at radius 3 is 2.62 bits per heavy atom. The van der Waals surface area contributed by atoms with Gasteiger partial charge in [-0.15, -0.1) is 0 Å². The van der Waals surface area contributed by atoms with Gasteiger partial charge in [0.2, 0.25) is 0 Å². The van der Waals surface area contributed by atoms with E-state index in [9.17, 15) is 8.78 Å². The molecule has 0 aromatic heterocycles. The Kier molecular flexibility index (Phi) is 2.95. The lowest BCUT2D eigenvalue weighted by atomic mass is 10.2. The van der Waals surface area contributed by atoms with Crippen LogP contribution in [-0.4, -0.2) is 20.4 Å². The zero-order chi connectivity index (χ0) is 9.84. The van der Waals surface area contributed by atoms with Gasteiger partial charge >= 0.3 is 0 Å². The number of halogens is 2. The van der Waals surface area contributed by atoms with Crippen LogP contribution in [0.5, 0.6) is 5.75 Å². The zero-order valence-electron chi connectivity index (χ0n) is 7.34. The third-order valence-corrected chi connectivity index (χ3v) is 1.57. The summed E-state index contributed by atoms with van der Waals surface area (Å²) in [7, 11) is 2.77. The standard InChI is InChI=1S/C9H9F2NO/c1-12-5-6-7(10)3-4-8(13-2)9(6)11/h3-5H,1-2H3. The van der Waals surface area contributed by atoms with Gasteiger partial charge < -0.3 is 4.74 Å². The zero-order valence-corrected chi connectivity index (χ0v) is 7.34. The molecule has 0 aliphatic heterocycles. The maximum atomic E-state index is 13.3. The Balaban J connectivity index is 3.29. The Hall–Kier alpha value is -1.45. The minimum absolute atomic E-state index is 0.0105. The van der Waals surface area contributed by atoms with Crippen LogP contribution in [0.3, 0.4) is 0 Å². The van der Waals surface area contributed by atoms with Gasteiger partial charge in [0.25, 0.3) is 0 Å². The van der Waals surface area contributed by atoms with Crippen molar-refractivity contribution >= 4 is 6.21 Å². The predicted octanol–water partition coefficient (Wildman–Crippen LogP) is 2.02. The molecule has 0 N–H and O–H groups in total. The van der Waals surface area contributed by atoms with Gasteiger partial charge in [-0.25, -0.2) is 8.78 Å². The van der Waals surface area contributed by atoms with E-state index < -0.39 is 11.6 Å². The fourth-order valence-electron chi connectivity index (χ4n) is 0.954. The molecule has 13 heavy (non-hydrogen) atoms. The summed E-state index contributed by atoms with van der Waals surface area (Å²) in [5.74, 6) is -1.37. The van der Waals surface area contributed by atoms with Crippen LogP contribution in [0.1, 0.15) is 5.56 Å². The highest BCUT2D eigenvalue weighted by Gasteiger charge is 2.11. The largest absolute Gasteiger partial charge is 0.494 e. The average Bonchev–Trinajstić information content (AvgIpc) is 2.12. The molecule has 1 aromatic carbocycles. The molecule has 1 aromatic rings. The van der Waals surface area contributed by atoms with Crippen LogP contribution in [0.15, 0.2) is 17.1 Å². The Bertz CT molecular complexity index is 337.